The molecule has 0 aliphatic rings. The molecule has 132 valence electrons. The van der Waals surface area contributed by atoms with Gasteiger partial charge < -0.3 is 10.3 Å². The van der Waals surface area contributed by atoms with Gasteiger partial charge in [0.2, 0.25) is 5.91 Å². The van der Waals surface area contributed by atoms with Gasteiger partial charge in [0.15, 0.2) is 0 Å². The SMILES string of the molecule is C[C@H](NC(=O)Cc1cc2c(C#N)cccc2[nH]c1=O)c1ncc(C#N)cn1. The molecule has 2 heterocycles. The van der Waals surface area contributed by atoms with Crippen LogP contribution in [0.5, 0.6) is 0 Å². The van der Waals surface area contributed by atoms with Crippen molar-refractivity contribution >= 4 is 16.8 Å². The lowest BCUT2D eigenvalue weighted by Crippen LogP contribution is -2.31. The molecular weight excluding hydrogens is 344 g/mol. The molecule has 0 saturated heterocycles. The highest BCUT2D eigenvalue weighted by Crippen LogP contribution is 2.16. The molecule has 2 aromatic heterocycles. The number of aromatic nitrogens is 3. The lowest BCUT2D eigenvalue weighted by molar-refractivity contribution is -0.121. The van der Waals surface area contributed by atoms with Crippen molar-refractivity contribution in [1.29, 1.82) is 10.5 Å². The van der Waals surface area contributed by atoms with Crippen molar-refractivity contribution in [3.63, 3.8) is 0 Å². The van der Waals surface area contributed by atoms with Crippen LogP contribution in [0.4, 0.5) is 0 Å². The summed E-state index contributed by atoms with van der Waals surface area (Å²) in [4.78, 5) is 35.3. The fourth-order valence-electron chi connectivity index (χ4n) is 2.65. The minimum Gasteiger partial charge on any atom is -0.346 e. The molecule has 3 rings (SSSR count). The van der Waals surface area contributed by atoms with Gasteiger partial charge in [0.1, 0.15) is 11.9 Å². The van der Waals surface area contributed by atoms with Crippen LogP contribution in [0.2, 0.25) is 0 Å². The molecule has 0 aliphatic carbocycles. The first-order valence-electron chi connectivity index (χ1n) is 8.08. The zero-order valence-corrected chi connectivity index (χ0v) is 14.4. The summed E-state index contributed by atoms with van der Waals surface area (Å²) in [5, 5.41) is 21.3. The number of hydrogen-bond donors (Lipinski definition) is 2. The van der Waals surface area contributed by atoms with Gasteiger partial charge in [-0.2, -0.15) is 10.5 Å². The molecule has 0 radical (unpaired) electrons. The molecule has 0 bridgehead atoms. The smallest absolute Gasteiger partial charge is 0.252 e. The van der Waals surface area contributed by atoms with E-state index in [0.717, 1.165) is 0 Å². The highest BCUT2D eigenvalue weighted by Gasteiger charge is 2.15. The van der Waals surface area contributed by atoms with Crippen molar-refractivity contribution in [1.82, 2.24) is 20.3 Å². The number of pyridine rings is 1. The Morgan fingerprint density at radius 2 is 2.00 bits per heavy atom. The van der Waals surface area contributed by atoms with Gasteiger partial charge in [0.05, 0.1) is 29.7 Å². The predicted octanol–water partition coefficient (Wildman–Crippen LogP) is 1.48. The van der Waals surface area contributed by atoms with Gasteiger partial charge in [-0.1, -0.05) is 6.07 Å². The van der Waals surface area contributed by atoms with Gasteiger partial charge in [-0.25, -0.2) is 9.97 Å². The van der Waals surface area contributed by atoms with E-state index in [2.05, 4.69) is 26.3 Å². The van der Waals surface area contributed by atoms with Gasteiger partial charge in [-0.15, -0.1) is 0 Å². The number of amides is 1. The van der Waals surface area contributed by atoms with Crippen LogP contribution >= 0.6 is 0 Å². The van der Waals surface area contributed by atoms with Crippen molar-refractivity contribution in [2.45, 2.75) is 19.4 Å². The third-order valence-corrected chi connectivity index (χ3v) is 4.00. The first kappa shape index (κ1) is 17.8. The number of nitrogens with zero attached hydrogens (tertiary/aromatic N) is 4. The van der Waals surface area contributed by atoms with Crippen LogP contribution in [-0.4, -0.2) is 20.9 Å². The molecule has 27 heavy (non-hydrogen) atoms. The second-order valence-electron chi connectivity index (χ2n) is 5.91. The summed E-state index contributed by atoms with van der Waals surface area (Å²) in [6, 6.07) is 10.1. The average molecular weight is 358 g/mol. The van der Waals surface area contributed by atoms with Gasteiger partial charge in [0, 0.05) is 28.9 Å². The minimum atomic E-state index is -0.487. The van der Waals surface area contributed by atoms with Crippen LogP contribution in [0, 0.1) is 22.7 Å². The second-order valence-corrected chi connectivity index (χ2v) is 5.91. The molecule has 1 aromatic carbocycles. The Kier molecular flexibility index (Phi) is 4.91. The topological polar surface area (TPSA) is 135 Å². The second kappa shape index (κ2) is 7.46. The minimum absolute atomic E-state index is 0.147. The Balaban J connectivity index is 1.79. The van der Waals surface area contributed by atoms with E-state index in [1.165, 1.54) is 12.4 Å². The fourth-order valence-corrected chi connectivity index (χ4v) is 2.65. The summed E-state index contributed by atoms with van der Waals surface area (Å²) in [6.45, 7) is 1.71. The number of hydrogen-bond acceptors (Lipinski definition) is 6. The third kappa shape index (κ3) is 3.80. The molecule has 0 fully saturated rings. The lowest BCUT2D eigenvalue weighted by Gasteiger charge is -2.12. The van der Waals surface area contributed by atoms with Gasteiger partial charge in [-0.05, 0) is 25.1 Å². The molecule has 0 unspecified atom stereocenters. The number of carbonyl (C=O) groups is 1. The van der Waals surface area contributed by atoms with E-state index in [-0.39, 0.29) is 23.5 Å². The Morgan fingerprint density at radius 3 is 2.67 bits per heavy atom. The number of carbonyl (C=O) groups excluding carboxylic acids is 1. The zero-order chi connectivity index (χ0) is 19.4. The van der Waals surface area contributed by atoms with Crippen molar-refractivity contribution in [3.8, 4) is 12.1 Å². The van der Waals surface area contributed by atoms with E-state index in [4.69, 9.17) is 5.26 Å². The zero-order valence-electron chi connectivity index (χ0n) is 14.4. The molecule has 0 aliphatic heterocycles. The highest BCUT2D eigenvalue weighted by atomic mass is 16.2. The number of H-pyrrole nitrogens is 1. The third-order valence-electron chi connectivity index (χ3n) is 4.00. The quantitative estimate of drug-likeness (QED) is 0.725. The Hall–Kier alpha value is -4.04. The number of rotatable bonds is 4. The number of fused-ring (bicyclic) bond motifs is 1. The first-order valence-corrected chi connectivity index (χ1v) is 8.08. The largest absolute Gasteiger partial charge is 0.346 e. The molecule has 0 saturated carbocycles. The summed E-state index contributed by atoms with van der Waals surface area (Å²) >= 11 is 0. The van der Waals surface area contributed by atoms with Crippen molar-refractivity contribution in [2.75, 3.05) is 0 Å². The molecule has 0 spiro atoms. The van der Waals surface area contributed by atoms with Crippen LogP contribution in [-0.2, 0) is 11.2 Å². The number of nitriles is 2. The fraction of sp³-hybridized carbons (Fsp3) is 0.158. The van der Waals surface area contributed by atoms with E-state index >= 15 is 0 Å². The molecule has 1 atom stereocenters. The Morgan fingerprint density at radius 1 is 1.26 bits per heavy atom. The normalized spacial score (nSPS) is 11.4. The summed E-state index contributed by atoms with van der Waals surface area (Å²) in [6.07, 6.45) is 2.61. The molecule has 2 N–H and O–H groups in total. The summed E-state index contributed by atoms with van der Waals surface area (Å²) < 4.78 is 0. The molecule has 1 amide bonds. The van der Waals surface area contributed by atoms with Gasteiger partial charge in [0.25, 0.3) is 5.56 Å². The molecular formula is C19H14N6O2. The van der Waals surface area contributed by atoms with Crippen LogP contribution in [0.1, 0.15) is 35.5 Å². The van der Waals surface area contributed by atoms with Crippen LogP contribution in [0.25, 0.3) is 10.9 Å². The standard InChI is InChI=1S/C19H14N6O2/c1-11(18-22-9-12(7-20)10-23-18)24-17(26)6-14-5-15-13(8-21)3-2-4-16(15)25-19(14)27/h2-5,9-11H,6H2,1H3,(H,24,26)(H,25,27)/t11-/m0/s1. The van der Waals surface area contributed by atoms with Crippen LogP contribution in [0.3, 0.4) is 0 Å². The highest BCUT2D eigenvalue weighted by molar-refractivity contribution is 5.86. The number of aromatic amines is 1. The summed E-state index contributed by atoms with van der Waals surface area (Å²) in [5.41, 5.74) is 1.17. The van der Waals surface area contributed by atoms with E-state index in [9.17, 15) is 14.9 Å². The van der Waals surface area contributed by atoms with Crippen molar-refractivity contribution in [2.24, 2.45) is 0 Å². The maximum atomic E-state index is 12.3. The summed E-state index contributed by atoms with van der Waals surface area (Å²) in [7, 11) is 0. The molecule has 3 aromatic rings. The van der Waals surface area contributed by atoms with E-state index in [0.29, 0.717) is 27.9 Å². The Bertz CT molecular complexity index is 1150. The first-order chi connectivity index (χ1) is 13.0. The van der Waals surface area contributed by atoms with E-state index in [1.807, 2.05) is 6.07 Å². The monoisotopic (exact) mass is 358 g/mol. The van der Waals surface area contributed by atoms with Crippen molar-refractivity contribution < 1.29 is 4.79 Å². The van der Waals surface area contributed by atoms with E-state index < -0.39 is 6.04 Å². The molecule has 8 nitrogen and oxygen atoms in total. The van der Waals surface area contributed by atoms with Crippen LogP contribution in [0.15, 0.2) is 41.5 Å². The average Bonchev–Trinajstić information content (AvgIpc) is 2.68. The predicted molar refractivity (Wildman–Crippen MR) is 96.3 cm³/mol. The maximum absolute atomic E-state index is 12.3. The van der Waals surface area contributed by atoms with Gasteiger partial charge >= 0.3 is 0 Å². The van der Waals surface area contributed by atoms with Gasteiger partial charge in [-0.3, -0.25) is 9.59 Å². The number of benzene rings is 1. The summed E-state index contributed by atoms with van der Waals surface area (Å²) in [5.74, 6) is -0.0173. The maximum Gasteiger partial charge on any atom is 0.252 e. The molecule has 8 heteroatoms. The van der Waals surface area contributed by atoms with E-state index in [1.54, 1.807) is 31.2 Å². The van der Waals surface area contributed by atoms with Crippen molar-refractivity contribution in [3.05, 3.63) is 69.5 Å². The lowest BCUT2D eigenvalue weighted by atomic mass is 10.1. The number of nitrogens with one attached hydrogen (secondary N) is 2. The van der Waals surface area contributed by atoms with Crippen LogP contribution < -0.4 is 10.9 Å². The Labute approximate surface area is 154 Å².